The summed E-state index contributed by atoms with van der Waals surface area (Å²) < 4.78 is 0. The molecule has 0 unspecified atom stereocenters. The van der Waals surface area contributed by atoms with Crippen molar-refractivity contribution in [2.45, 2.75) is 71.4 Å². The molecule has 0 radical (unpaired) electrons. The minimum Gasteiger partial charge on any atom is -0.248 e. The highest BCUT2D eigenvalue weighted by atomic mass is 28.3. The summed E-state index contributed by atoms with van der Waals surface area (Å²) in [6.07, 6.45) is 0. The van der Waals surface area contributed by atoms with Crippen molar-refractivity contribution in [3.05, 3.63) is 102 Å². The topological polar surface area (TPSA) is 12.9 Å². The molecule has 3 heteroatoms. The summed E-state index contributed by atoms with van der Waals surface area (Å²) in [6, 6.07) is 30.9. The molecule has 0 saturated heterocycles. The Kier molecular flexibility index (Phi) is 8.90. The summed E-state index contributed by atoms with van der Waals surface area (Å²) in [7, 11) is -2.72. The van der Waals surface area contributed by atoms with E-state index in [9.17, 15) is 0 Å². The number of rotatable bonds is 11. The maximum atomic E-state index is 4.97. The standard InChI is InChI=1S/C32H43NSi2/c1-9-34(8,10-2)29-21-17-27(18-22-29)25(6)31-15-14-16-32(33-31)26(7)28-19-23-30(24-20-28)35(11-3,12-4)13-5/h14-24H,6-7,9-13H2,1-5,8H3. The molecule has 0 aliphatic rings. The van der Waals surface area contributed by atoms with E-state index in [0.29, 0.717) is 0 Å². The predicted octanol–water partition coefficient (Wildman–Crippen LogP) is 8.25. The predicted molar refractivity (Wildman–Crippen MR) is 162 cm³/mol. The zero-order valence-electron chi connectivity index (χ0n) is 22.7. The van der Waals surface area contributed by atoms with Gasteiger partial charge in [0.1, 0.15) is 0 Å². The summed E-state index contributed by atoms with van der Waals surface area (Å²) >= 11 is 0. The molecule has 0 atom stereocenters. The van der Waals surface area contributed by atoms with Crippen LogP contribution in [0.15, 0.2) is 79.9 Å². The highest BCUT2D eigenvalue weighted by Gasteiger charge is 2.29. The second-order valence-corrected chi connectivity index (χ2v) is 20.5. The summed E-state index contributed by atoms with van der Waals surface area (Å²) in [4.78, 5) is 4.97. The zero-order valence-corrected chi connectivity index (χ0v) is 24.7. The zero-order chi connectivity index (χ0) is 25.6. The third-order valence-corrected chi connectivity index (χ3v) is 19.2. The second kappa shape index (κ2) is 11.5. The van der Waals surface area contributed by atoms with E-state index in [1.807, 2.05) is 0 Å². The molecule has 0 amide bonds. The molecule has 1 nitrogen and oxygen atoms in total. The van der Waals surface area contributed by atoms with Crippen molar-refractivity contribution in [3.8, 4) is 0 Å². The Morgan fingerprint density at radius 2 is 1.00 bits per heavy atom. The van der Waals surface area contributed by atoms with Gasteiger partial charge in [0.2, 0.25) is 0 Å². The fourth-order valence-corrected chi connectivity index (χ4v) is 11.1. The molecule has 0 saturated carbocycles. The average Bonchev–Trinajstić information content (AvgIpc) is 2.93. The Morgan fingerprint density at radius 1 is 0.600 bits per heavy atom. The Balaban J connectivity index is 1.83. The van der Waals surface area contributed by atoms with Gasteiger partial charge in [0.25, 0.3) is 0 Å². The highest BCUT2D eigenvalue weighted by molar-refractivity contribution is 6.91. The van der Waals surface area contributed by atoms with Crippen molar-refractivity contribution in [2.75, 3.05) is 0 Å². The second-order valence-electron chi connectivity index (χ2n) is 10.1. The minimum atomic E-state index is -1.37. The monoisotopic (exact) mass is 497 g/mol. The quantitative estimate of drug-likeness (QED) is 0.243. The number of pyridine rings is 1. The lowest BCUT2D eigenvalue weighted by Gasteiger charge is -2.28. The lowest BCUT2D eigenvalue weighted by molar-refractivity contribution is 1.19. The molecule has 2 aromatic carbocycles. The van der Waals surface area contributed by atoms with Gasteiger partial charge in [-0.1, -0.05) is 150 Å². The van der Waals surface area contributed by atoms with Gasteiger partial charge in [0, 0.05) is 11.1 Å². The van der Waals surface area contributed by atoms with Gasteiger partial charge in [-0.05, 0) is 23.3 Å². The van der Waals surface area contributed by atoms with Crippen LogP contribution in [-0.4, -0.2) is 21.1 Å². The van der Waals surface area contributed by atoms with Crippen molar-refractivity contribution >= 4 is 37.7 Å². The number of benzene rings is 2. The highest BCUT2D eigenvalue weighted by Crippen LogP contribution is 2.26. The fraction of sp³-hybridized carbons (Fsp3) is 0.344. The Labute approximate surface area is 216 Å². The van der Waals surface area contributed by atoms with Crippen LogP contribution in [0, 0.1) is 0 Å². The van der Waals surface area contributed by atoms with Crippen LogP contribution in [0.4, 0.5) is 0 Å². The van der Waals surface area contributed by atoms with Crippen LogP contribution in [0.3, 0.4) is 0 Å². The normalized spacial score (nSPS) is 11.9. The van der Waals surface area contributed by atoms with Gasteiger partial charge in [-0.15, -0.1) is 0 Å². The Morgan fingerprint density at radius 3 is 1.37 bits per heavy atom. The van der Waals surface area contributed by atoms with Crippen LogP contribution >= 0.6 is 0 Å². The van der Waals surface area contributed by atoms with E-state index in [-0.39, 0.29) is 0 Å². The van der Waals surface area contributed by atoms with Crippen molar-refractivity contribution in [1.29, 1.82) is 0 Å². The van der Waals surface area contributed by atoms with Gasteiger partial charge in [0.15, 0.2) is 0 Å². The lowest BCUT2D eigenvalue weighted by atomic mass is 10.0. The van der Waals surface area contributed by atoms with Gasteiger partial charge in [-0.25, -0.2) is 4.98 Å². The molecule has 0 spiro atoms. The summed E-state index contributed by atoms with van der Waals surface area (Å²) in [5, 5.41) is 3.09. The van der Waals surface area contributed by atoms with E-state index in [4.69, 9.17) is 4.98 Å². The van der Waals surface area contributed by atoms with Crippen molar-refractivity contribution in [3.63, 3.8) is 0 Å². The maximum Gasteiger partial charge on any atom is 0.0859 e. The van der Waals surface area contributed by atoms with E-state index in [1.165, 1.54) is 35.4 Å². The first kappa shape index (κ1) is 27.1. The SMILES string of the molecule is C=C(c1ccc([Si](C)(CC)CC)cc1)c1cccc(C(=C)c2ccc([Si](CC)(CC)CC)cc2)n1. The van der Waals surface area contributed by atoms with E-state index in [1.54, 1.807) is 5.19 Å². The molecule has 0 aliphatic carbocycles. The van der Waals surface area contributed by atoms with Crippen LogP contribution in [0.5, 0.6) is 0 Å². The number of hydrogen-bond donors (Lipinski definition) is 0. The molecule has 0 aliphatic heterocycles. The van der Waals surface area contributed by atoms with Crippen molar-refractivity contribution in [2.24, 2.45) is 0 Å². The molecular formula is C32H43NSi2. The first-order valence-corrected chi connectivity index (χ1v) is 18.9. The van der Waals surface area contributed by atoms with E-state index >= 15 is 0 Å². The van der Waals surface area contributed by atoms with Gasteiger partial charge in [-0.3, -0.25) is 0 Å². The Hall–Kier alpha value is -2.50. The molecule has 0 fully saturated rings. The first-order chi connectivity index (χ1) is 16.8. The van der Waals surface area contributed by atoms with E-state index in [0.717, 1.165) is 33.7 Å². The minimum absolute atomic E-state index is 0.911. The van der Waals surface area contributed by atoms with Gasteiger partial charge < -0.3 is 0 Å². The largest absolute Gasteiger partial charge is 0.248 e. The third kappa shape index (κ3) is 5.52. The molecule has 1 aromatic heterocycles. The summed E-state index contributed by atoms with van der Waals surface area (Å²) in [5.74, 6) is 0. The van der Waals surface area contributed by atoms with Gasteiger partial charge in [-0.2, -0.15) is 0 Å². The van der Waals surface area contributed by atoms with Crippen LogP contribution in [0.1, 0.15) is 57.1 Å². The van der Waals surface area contributed by atoms with Gasteiger partial charge >= 0.3 is 0 Å². The molecule has 3 rings (SSSR count). The lowest BCUT2D eigenvalue weighted by Crippen LogP contribution is -2.45. The van der Waals surface area contributed by atoms with Crippen LogP contribution in [0.25, 0.3) is 11.1 Å². The first-order valence-electron chi connectivity index (χ1n) is 13.3. The van der Waals surface area contributed by atoms with Crippen LogP contribution in [0.2, 0.25) is 36.8 Å². The summed E-state index contributed by atoms with van der Waals surface area (Å²) in [5.41, 5.74) is 6.02. The van der Waals surface area contributed by atoms with Crippen molar-refractivity contribution < 1.29 is 0 Å². The molecular weight excluding hydrogens is 455 g/mol. The molecule has 3 aromatic rings. The van der Waals surface area contributed by atoms with E-state index in [2.05, 4.69) is 121 Å². The average molecular weight is 498 g/mol. The third-order valence-electron chi connectivity index (χ3n) is 8.73. The molecule has 0 bridgehead atoms. The van der Waals surface area contributed by atoms with E-state index < -0.39 is 16.1 Å². The maximum absolute atomic E-state index is 4.97. The van der Waals surface area contributed by atoms with Crippen LogP contribution in [-0.2, 0) is 0 Å². The molecule has 1 heterocycles. The fourth-order valence-electron chi connectivity index (χ4n) is 5.19. The molecule has 35 heavy (non-hydrogen) atoms. The summed E-state index contributed by atoms with van der Waals surface area (Å²) in [6.45, 7) is 23.0. The molecule has 0 N–H and O–H groups in total. The van der Waals surface area contributed by atoms with Crippen molar-refractivity contribution in [1.82, 2.24) is 4.98 Å². The number of aromatic nitrogens is 1. The molecule has 184 valence electrons. The Bertz CT molecular complexity index is 1140. The van der Waals surface area contributed by atoms with Crippen LogP contribution < -0.4 is 10.4 Å². The van der Waals surface area contributed by atoms with Gasteiger partial charge in [0.05, 0.1) is 27.5 Å². The smallest absolute Gasteiger partial charge is 0.0859 e. The number of hydrogen-bond acceptors (Lipinski definition) is 1. The number of nitrogens with zero attached hydrogens (tertiary/aromatic N) is 1.